The number of carbonyl (C=O) groups excluding carboxylic acids is 3. The molecule has 2 saturated carbocycles. The molecule has 0 spiro atoms. The number of fused-ring (bicyclic) bond motifs is 2. The fraction of sp³-hybridized carbons (Fsp3) is 0.444. The summed E-state index contributed by atoms with van der Waals surface area (Å²) in [5.74, 6) is -1.28. The molecule has 8 heteroatoms. The van der Waals surface area contributed by atoms with E-state index in [-0.39, 0.29) is 6.04 Å². The van der Waals surface area contributed by atoms with E-state index in [1.807, 2.05) is 0 Å². The molecule has 26 heavy (non-hydrogen) atoms. The molecule has 2 bridgehead atoms. The van der Waals surface area contributed by atoms with Crippen LogP contribution >= 0.6 is 27.5 Å². The van der Waals surface area contributed by atoms with E-state index in [9.17, 15) is 14.4 Å². The maximum Gasteiger partial charge on any atom is 0.331 e. The highest BCUT2D eigenvalue weighted by Crippen LogP contribution is 2.47. The van der Waals surface area contributed by atoms with Crippen molar-refractivity contribution in [2.45, 2.75) is 31.7 Å². The zero-order valence-electron chi connectivity index (χ0n) is 13.8. The summed E-state index contributed by atoms with van der Waals surface area (Å²) in [7, 11) is 0. The van der Waals surface area contributed by atoms with Gasteiger partial charge in [-0.05, 0) is 65.2 Å². The fourth-order valence-corrected chi connectivity index (χ4v) is 4.73. The number of halogens is 2. The molecular formula is C18H17BrClN3O3. The highest BCUT2D eigenvalue weighted by Gasteiger charge is 2.50. The van der Waals surface area contributed by atoms with Crippen LogP contribution in [-0.2, 0) is 9.59 Å². The second-order valence-electron chi connectivity index (χ2n) is 7.10. The van der Waals surface area contributed by atoms with Crippen molar-refractivity contribution in [2.24, 2.45) is 22.7 Å². The molecule has 1 saturated heterocycles. The Labute approximate surface area is 164 Å². The standard InChI is InChI=1S/C18H17BrClN3O3/c19-13-4-3-11(7-14(13)20)21-8-12-16(24)22-18(26)23(17(12)25)15-6-9-1-2-10(15)5-9/h3-4,7-10,12,15H,1-2,5-6H2,(H,22,24,26)/t9-,10-,12+,15-/m0/s1. The van der Waals surface area contributed by atoms with E-state index in [1.54, 1.807) is 18.2 Å². The molecule has 3 aliphatic rings. The van der Waals surface area contributed by atoms with Gasteiger partial charge in [-0.1, -0.05) is 18.0 Å². The lowest BCUT2D eigenvalue weighted by atomic mass is 9.92. The third kappa shape index (κ3) is 3.07. The summed E-state index contributed by atoms with van der Waals surface area (Å²) in [5.41, 5.74) is 0.530. The Morgan fingerprint density at radius 1 is 1.23 bits per heavy atom. The zero-order chi connectivity index (χ0) is 18.4. The van der Waals surface area contributed by atoms with Crippen molar-refractivity contribution in [3.05, 3.63) is 27.7 Å². The first kappa shape index (κ1) is 17.7. The van der Waals surface area contributed by atoms with Gasteiger partial charge in [0.25, 0.3) is 0 Å². The predicted octanol–water partition coefficient (Wildman–Crippen LogP) is 3.69. The van der Waals surface area contributed by atoms with Gasteiger partial charge < -0.3 is 0 Å². The van der Waals surface area contributed by atoms with Crippen molar-refractivity contribution >= 4 is 57.3 Å². The molecule has 4 rings (SSSR count). The Bertz CT molecular complexity index is 828. The second-order valence-corrected chi connectivity index (χ2v) is 8.36. The van der Waals surface area contributed by atoms with Crippen molar-refractivity contribution in [1.29, 1.82) is 0 Å². The van der Waals surface area contributed by atoms with Crippen LogP contribution in [0.2, 0.25) is 5.02 Å². The fourth-order valence-electron chi connectivity index (χ4n) is 4.30. The number of imide groups is 2. The number of urea groups is 1. The van der Waals surface area contributed by atoms with Gasteiger partial charge in [0.2, 0.25) is 11.8 Å². The van der Waals surface area contributed by atoms with Crippen LogP contribution in [0.4, 0.5) is 10.5 Å². The smallest absolute Gasteiger partial charge is 0.277 e. The lowest BCUT2D eigenvalue weighted by Crippen LogP contribution is -2.62. The molecule has 0 aromatic heterocycles. The number of aliphatic imine (C=N–C) groups is 1. The third-order valence-electron chi connectivity index (χ3n) is 5.54. The molecule has 2 aliphatic carbocycles. The number of barbiturate groups is 1. The molecule has 1 aromatic rings. The summed E-state index contributed by atoms with van der Waals surface area (Å²) in [6.45, 7) is 0. The van der Waals surface area contributed by atoms with E-state index in [0.717, 1.165) is 23.7 Å². The maximum absolute atomic E-state index is 12.9. The normalized spacial score (nSPS) is 31.2. The molecule has 4 amide bonds. The monoisotopic (exact) mass is 437 g/mol. The molecule has 3 fully saturated rings. The Balaban J connectivity index is 1.56. The number of hydrogen-bond acceptors (Lipinski definition) is 4. The summed E-state index contributed by atoms with van der Waals surface area (Å²) < 4.78 is 0.734. The number of benzene rings is 1. The molecule has 6 nitrogen and oxygen atoms in total. The van der Waals surface area contributed by atoms with Crippen LogP contribution in [0.5, 0.6) is 0 Å². The van der Waals surface area contributed by atoms with Crippen molar-refractivity contribution in [2.75, 3.05) is 0 Å². The second kappa shape index (κ2) is 6.78. The highest BCUT2D eigenvalue weighted by atomic mass is 79.9. The van der Waals surface area contributed by atoms with E-state index < -0.39 is 23.8 Å². The summed E-state index contributed by atoms with van der Waals surface area (Å²) in [4.78, 5) is 42.8. The minimum Gasteiger partial charge on any atom is -0.277 e. The van der Waals surface area contributed by atoms with Gasteiger partial charge in [-0.25, -0.2) is 4.79 Å². The lowest BCUT2D eigenvalue weighted by Gasteiger charge is -2.36. The van der Waals surface area contributed by atoms with Crippen molar-refractivity contribution < 1.29 is 14.4 Å². The maximum atomic E-state index is 12.9. The predicted molar refractivity (Wildman–Crippen MR) is 100 cm³/mol. The number of nitrogens with zero attached hydrogens (tertiary/aromatic N) is 2. The van der Waals surface area contributed by atoms with Gasteiger partial charge in [-0.15, -0.1) is 0 Å². The molecule has 1 aliphatic heterocycles. The van der Waals surface area contributed by atoms with E-state index in [0.29, 0.717) is 22.5 Å². The molecule has 0 radical (unpaired) electrons. The van der Waals surface area contributed by atoms with Crippen molar-refractivity contribution in [3.8, 4) is 0 Å². The summed E-state index contributed by atoms with van der Waals surface area (Å²) in [5, 5.41) is 2.79. The Morgan fingerprint density at radius 2 is 2.04 bits per heavy atom. The molecule has 0 unspecified atom stereocenters. The van der Waals surface area contributed by atoms with E-state index in [1.165, 1.54) is 17.5 Å². The van der Waals surface area contributed by atoms with Crippen LogP contribution in [0, 0.1) is 17.8 Å². The number of carbonyl (C=O) groups is 3. The van der Waals surface area contributed by atoms with Gasteiger partial charge in [-0.2, -0.15) is 0 Å². The van der Waals surface area contributed by atoms with Crippen LogP contribution in [0.1, 0.15) is 25.7 Å². The average Bonchev–Trinajstić information content (AvgIpc) is 3.20. The molecule has 1 N–H and O–H groups in total. The van der Waals surface area contributed by atoms with Crippen molar-refractivity contribution in [3.63, 3.8) is 0 Å². The quantitative estimate of drug-likeness (QED) is 0.577. The van der Waals surface area contributed by atoms with Gasteiger partial charge in [0.15, 0.2) is 5.92 Å². The van der Waals surface area contributed by atoms with Gasteiger partial charge in [0, 0.05) is 16.7 Å². The van der Waals surface area contributed by atoms with Gasteiger partial charge in [0.1, 0.15) is 0 Å². The van der Waals surface area contributed by atoms with Crippen LogP contribution in [0.15, 0.2) is 27.7 Å². The van der Waals surface area contributed by atoms with E-state index >= 15 is 0 Å². The zero-order valence-corrected chi connectivity index (χ0v) is 16.2. The molecular weight excluding hydrogens is 422 g/mol. The first-order chi connectivity index (χ1) is 12.4. The molecule has 1 aromatic carbocycles. The first-order valence-electron chi connectivity index (χ1n) is 8.61. The van der Waals surface area contributed by atoms with Gasteiger partial charge >= 0.3 is 6.03 Å². The average molecular weight is 439 g/mol. The summed E-state index contributed by atoms with van der Waals surface area (Å²) >= 11 is 9.34. The Kier molecular flexibility index (Phi) is 4.61. The Morgan fingerprint density at radius 3 is 2.69 bits per heavy atom. The van der Waals surface area contributed by atoms with Gasteiger partial charge in [-0.3, -0.25) is 24.8 Å². The Hall–Kier alpha value is -1.73. The van der Waals surface area contributed by atoms with Gasteiger partial charge in [0.05, 0.1) is 10.7 Å². The highest BCUT2D eigenvalue weighted by molar-refractivity contribution is 9.10. The SMILES string of the molecule is O=C1NC(=O)N([C@H]2C[C@H]3CC[C@H]2C3)C(=O)[C@@H]1C=Nc1ccc(Br)c(Cl)c1. The van der Waals surface area contributed by atoms with E-state index in [4.69, 9.17) is 11.6 Å². The third-order valence-corrected chi connectivity index (χ3v) is 6.78. The van der Waals surface area contributed by atoms with Crippen molar-refractivity contribution in [1.82, 2.24) is 10.2 Å². The molecule has 1 heterocycles. The number of hydrogen-bond donors (Lipinski definition) is 1. The topological polar surface area (TPSA) is 78.8 Å². The van der Waals surface area contributed by atoms with Crippen LogP contribution in [0.25, 0.3) is 0 Å². The van der Waals surface area contributed by atoms with Crippen LogP contribution in [0.3, 0.4) is 0 Å². The lowest BCUT2D eigenvalue weighted by molar-refractivity contribution is -0.141. The van der Waals surface area contributed by atoms with Crippen LogP contribution in [-0.4, -0.2) is 35.0 Å². The molecule has 136 valence electrons. The number of rotatable bonds is 3. The minimum atomic E-state index is -1.10. The van der Waals surface area contributed by atoms with Crippen LogP contribution < -0.4 is 5.32 Å². The summed E-state index contributed by atoms with van der Waals surface area (Å²) in [6, 6.07) is 4.38. The summed E-state index contributed by atoms with van der Waals surface area (Å²) in [6.07, 6.45) is 5.40. The number of amides is 4. The molecule has 4 atom stereocenters. The largest absolute Gasteiger partial charge is 0.331 e. The first-order valence-corrected chi connectivity index (χ1v) is 9.78. The minimum absolute atomic E-state index is 0.104. The number of nitrogens with one attached hydrogen (secondary N) is 1. The van der Waals surface area contributed by atoms with E-state index in [2.05, 4.69) is 26.2 Å².